The number of esters is 1. The summed E-state index contributed by atoms with van der Waals surface area (Å²) in [5, 5.41) is 0. The molecule has 2 aromatic rings. The lowest BCUT2D eigenvalue weighted by Gasteiger charge is -2.31. The van der Waals surface area contributed by atoms with E-state index in [9.17, 15) is 14.4 Å². The van der Waals surface area contributed by atoms with Crippen molar-refractivity contribution in [1.82, 2.24) is 9.80 Å². The molecule has 1 unspecified atom stereocenters. The highest BCUT2D eigenvalue weighted by Gasteiger charge is 2.57. The Morgan fingerprint density at radius 2 is 1.62 bits per heavy atom. The molecule has 3 aliphatic heterocycles. The summed E-state index contributed by atoms with van der Waals surface area (Å²) in [4.78, 5) is 41.5. The molecule has 0 N–H and O–H groups in total. The fourth-order valence-corrected chi connectivity index (χ4v) is 6.26. The van der Waals surface area contributed by atoms with Gasteiger partial charge in [-0.1, -0.05) is 42.5 Å². The number of piperidine rings is 1. The topological polar surface area (TPSA) is 66.9 Å². The standard InChI is InChI=1S/C28H30N2O4/c1-19(31)29-15-10-21(11-16-29)20-6-8-22(9-7-20)27(12-13-27)26(33)30-17-14-28(18-30)24-5-3-2-4-23(24)25(32)34-28/h2-9,21H,10-18H2,1H3. The summed E-state index contributed by atoms with van der Waals surface area (Å²) in [6.07, 6.45) is 4.34. The molecule has 176 valence electrons. The molecule has 0 radical (unpaired) electrons. The quantitative estimate of drug-likeness (QED) is 0.658. The Hall–Kier alpha value is -3.15. The molecule has 2 saturated heterocycles. The summed E-state index contributed by atoms with van der Waals surface area (Å²) >= 11 is 0. The molecule has 2 amide bonds. The van der Waals surface area contributed by atoms with E-state index >= 15 is 0 Å². The first-order valence-electron chi connectivity index (χ1n) is 12.4. The number of hydrogen-bond donors (Lipinski definition) is 0. The van der Waals surface area contributed by atoms with E-state index in [1.807, 2.05) is 34.1 Å². The normalized spacial score (nSPS) is 25.4. The fraction of sp³-hybridized carbons (Fsp3) is 0.464. The number of hydrogen-bond acceptors (Lipinski definition) is 4. The second-order valence-corrected chi connectivity index (χ2v) is 10.4. The highest BCUT2D eigenvalue weighted by molar-refractivity contribution is 5.96. The molecular formula is C28H30N2O4. The Balaban J connectivity index is 1.16. The van der Waals surface area contributed by atoms with E-state index in [1.54, 1.807) is 6.92 Å². The van der Waals surface area contributed by atoms with Gasteiger partial charge in [-0.15, -0.1) is 0 Å². The van der Waals surface area contributed by atoms with Gasteiger partial charge in [0.1, 0.15) is 0 Å². The Bertz CT molecular complexity index is 1160. The van der Waals surface area contributed by atoms with Crippen molar-refractivity contribution < 1.29 is 19.1 Å². The Morgan fingerprint density at radius 1 is 0.912 bits per heavy atom. The molecule has 6 nitrogen and oxygen atoms in total. The second kappa shape index (κ2) is 7.69. The SMILES string of the molecule is CC(=O)N1CCC(c2ccc(C3(C(=O)N4CCC5(C4)OC(=O)c4ccccc45)CC3)cc2)CC1. The Labute approximate surface area is 199 Å². The molecule has 3 heterocycles. The third-order valence-electron chi connectivity index (χ3n) is 8.48. The molecule has 1 spiro atoms. The van der Waals surface area contributed by atoms with Crippen LogP contribution in [0.15, 0.2) is 48.5 Å². The van der Waals surface area contributed by atoms with Gasteiger partial charge in [0.15, 0.2) is 5.60 Å². The van der Waals surface area contributed by atoms with Crippen molar-refractivity contribution >= 4 is 17.8 Å². The van der Waals surface area contributed by atoms with Gasteiger partial charge < -0.3 is 14.5 Å². The van der Waals surface area contributed by atoms with Crippen molar-refractivity contribution in [3.05, 3.63) is 70.8 Å². The largest absolute Gasteiger partial charge is 0.449 e. The third-order valence-corrected chi connectivity index (χ3v) is 8.48. The van der Waals surface area contributed by atoms with Crippen LogP contribution in [0, 0.1) is 0 Å². The number of amides is 2. The zero-order chi connectivity index (χ0) is 23.5. The van der Waals surface area contributed by atoms with Gasteiger partial charge in [0.25, 0.3) is 0 Å². The van der Waals surface area contributed by atoms with Crippen LogP contribution in [0.4, 0.5) is 0 Å². The molecule has 34 heavy (non-hydrogen) atoms. The van der Waals surface area contributed by atoms with Crippen LogP contribution < -0.4 is 0 Å². The van der Waals surface area contributed by atoms with Crippen molar-refractivity contribution in [2.45, 2.75) is 56.0 Å². The van der Waals surface area contributed by atoms with Gasteiger partial charge in [0.2, 0.25) is 11.8 Å². The fourth-order valence-electron chi connectivity index (χ4n) is 6.26. The van der Waals surface area contributed by atoms with Gasteiger partial charge in [-0.2, -0.15) is 0 Å². The lowest BCUT2D eigenvalue weighted by atomic mass is 9.86. The number of rotatable bonds is 3. The van der Waals surface area contributed by atoms with Crippen LogP contribution >= 0.6 is 0 Å². The molecule has 0 aromatic heterocycles. The highest BCUT2D eigenvalue weighted by Crippen LogP contribution is 2.52. The third kappa shape index (κ3) is 3.26. The number of fused-ring (bicyclic) bond motifs is 2. The summed E-state index contributed by atoms with van der Waals surface area (Å²) < 4.78 is 5.85. The van der Waals surface area contributed by atoms with Gasteiger partial charge >= 0.3 is 5.97 Å². The van der Waals surface area contributed by atoms with E-state index in [1.165, 1.54) is 5.56 Å². The summed E-state index contributed by atoms with van der Waals surface area (Å²) in [6, 6.07) is 16.2. The average molecular weight is 459 g/mol. The number of likely N-dealkylation sites (tertiary alicyclic amines) is 2. The predicted octanol–water partition coefficient (Wildman–Crippen LogP) is 3.74. The van der Waals surface area contributed by atoms with E-state index in [-0.39, 0.29) is 17.8 Å². The van der Waals surface area contributed by atoms with Crippen molar-refractivity contribution in [3.8, 4) is 0 Å². The second-order valence-electron chi connectivity index (χ2n) is 10.4. The first-order chi connectivity index (χ1) is 16.4. The van der Waals surface area contributed by atoms with Gasteiger partial charge in [-0.05, 0) is 48.8 Å². The molecule has 4 aliphatic rings. The van der Waals surface area contributed by atoms with Crippen LogP contribution in [0.1, 0.15) is 72.0 Å². The number of carbonyl (C=O) groups is 3. The summed E-state index contributed by atoms with van der Waals surface area (Å²) in [7, 11) is 0. The monoisotopic (exact) mass is 458 g/mol. The van der Waals surface area contributed by atoms with E-state index in [4.69, 9.17) is 4.74 Å². The molecular weight excluding hydrogens is 428 g/mol. The molecule has 3 fully saturated rings. The molecule has 1 saturated carbocycles. The van der Waals surface area contributed by atoms with Gasteiger partial charge in [0.05, 0.1) is 17.5 Å². The minimum Gasteiger partial charge on any atom is -0.449 e. The number of benzene rings is 2. The van der Waals surface area contributed by atoms with Crippen LogP contribution in [0.25, 0.3) is 0 Å². The Kier molecular flexibility index (Phi) is 4.84. The van der Waals surface area contributed by atoms with Crippen molar-refractivity contribution in [2.24, 2.45) is 0 Å². The van der Waals surface area contributed by atoms with Gasteiger partial charge in [-0.25, -0.2) is 4.79 Å². The van der Waals surface area contributed by atoms with Crippen molar-refractivity contribution in [2.75, 3.05) is 26.2 Å². The maximum Gasteiger partial charge on any atom is 0.339 e. The predicted molar refractivity (Wildman–Crippen MR) is 126 cm³/mol. The molecule has 6 heteroatoms. The van der Waals surface area contributed by atoms with Crippen molar-refractivity contribution in [1.29, 1.82) is 0 Å². The zero-order valence-corrected chi connectivity index (χ0v) is 19.6. The molecule has 0 bridgehead atoms. The molecule has 2 aromatic carbocycles. The lowest BCUT2D eigenvalue weighted by molar-refractivity contribution is -0.134. The highest BCUT2D eigenvalue weighted by atomic mass is 16.6. The average Bonchev–Trinajstić information content (AvgIpc) is 3.50. The minimum absolute atomic E-state index is 0.155. The van der Waals surface area contributed by atoms with Crippen LogP contribution in [0.2, 0.25) is 0 Å². The Morgan fingerprint density at radius 3 is 2.29 bits per heavy atom. The first-order valence-corrected chi connectivity index (χ1v) is 12.4. The van der Waals surface area contributed by atoms with Crippen LogP contribution in [-0.2, 0) is 25.3 Å². The van der Waals surface area contributed by atoms with Crippen LogP contribution in [0.5, 0.6) is 0 Å². The maximum absolute atomic E-state index is 13.7. The zero-order valence-electron chi connectivity index (χ0n) is 19.6. The van der Waals surface area contributed by atoms with E-state index in [2.05, 4.69) is 24.3 Å². The van der Waals surface area contributed by atoms with E-state index in [0.717, 1.165) is 49.9 Å². The van der Waals surface area contributed by atoms with E-state index in [0.29, 0.717) is 31.0 Å². The number of ether oxygens (including phenoxy) is 1. The summed E-state index contributed by atoms with van der Waals surface area (Å²) in [6.45, 7) is 4.31. The summed E-state index contributed by atoms with van der Waals surface area (Å²) in [5.74, 6) is 0.497. The van der Waals surface area contributed by atoms with Gasteiger partial charge in [-0.3, -0.25) is 9.59 Å². The smallest absolute Gasteiger partial charge is 0.339 e. The number of carbonyl (C=O) groups excluding carboxylic acids is 3. The molecule has 1 aliphatic carbocycles. The summed E-state index contributed by atoms with van der Waals surface area (Å²) in [5.41, 5.74) is 2.79. The van der Waals surface area contributed by atoms with Gasteiger partial charge in [0, 0.05) is 38.5 Å². The van der Waals surface area contributed by atoms with Crippen LogP contribution in [-0.4, -0.2) is 53.8 Å². The molecule has 1 atom stereocenters. The first kappa shape index (κ1) is 21.4. The van der Waals surface area contributed by atoms with E-state index < -0.39 is 11.0 Å². The maximum atomic E-state index is 13.7. The van der Waals surface area contributed by atoms with Crippen molar-refractivity contribution in [3.63, 3.8) is 0 Å². The molecule has 6 rings (SSSR count). The lowest BCUT2D eigenvalue weighted by Crippen LogP contribution is -2.40. The number of nitrogens with zero attached hydrogens (tertiary/aromatic N) is 2. The minimum atomic E-state index is -0.696. The van der Waals surface area contributed by atoms with Crippen LogP contribution in [0.3, 0.4) is 0 Å².